The minimum absolute atomic E-state index is 0.0330. The van der Waals surface area contributed by atoms with Gasteiger partial charge in [-0.3, -0.25) is 0 Å². The van der Waals surface area contributed by atoms with E-state index in [1.807, 2.05) is 31.2 Å². The van der Waals surface area contributed by atoms with Crippen LogP contribution in [0.5, 0.6) is 0 Å². The van der Waals surface area contributed by atoms with E-state index in [2.05, 4.69) is 15.9 Å². The molecule has 13 heavy (non-hydrogen) atoms. The largest absolute Gasteiger partial charge is 0.348 e. The standard InChI is InChI=1S/C8H8BrCl3Si/c1-6(13(10,11)12)7-2-4-8(9)5-3-7/h2-6H,1H3/t6-/m0/s1. The highest BCUT2D eigenvalue weighted by molar-refractivity contribution is 9.10. The van der Waals surface area contributed by atoms with Gasteiger partial charge in [-0.2, -0.15) is 0 Å². The maximum absolute atomic E-state index is 5.92. The van der Waals surface area contributed by atoms with Crippen molar-refractivity contribution in [3.8, 4) is 0 Å². The lowest BCUT2D eigenvalue weighted by atomic mass is 10.2. The lowest BCUT2D eigenvalue weighted by molar-refractivity contribution is 1.06. The third kappa shape index (κ3) is 3.44. The summed E-state index contributed by atoms with van der Waals surface area (Å²) in [6.07, 6.45) is 0. The van der Waals surface area contributed by atoms with Crippen LogP contribution in [0, 0.1) is 0 Å². The van der Waals surface area contributed by atoms with E-state index in [0.717, 1.165) is 10.0 Å². The van der Waals surface area contributed by atoms with E-state index in [9.17, 15) is 0 Å². The first-order chi connectivity index (χ1) is 5.91. The van der Waals surface area contributed by atoms with Crippen molar-refractivity contribution in [2.24, 2.45) is 0 Å². The van der Waals surface area contributed by atoms with Crippen LogP contribution < -0.4 is 0 Å². The molecule has 0 radical (unpaired) electrons. The van der Waals surface area contributed by atoms with Gasteiger partial charge in [0.25, 0.3) is 0 Å². The van der Waals surface area contributed by atoms with Gasteiger partial charge in [0.1, 0.15) is 0 Å². The first kappa shape index (κ1) is 11.9. The molecule has 1 atom stereocenters. The molecule has 1 aromatic carbocycles. The second-order valence-corrected chi connectivity index (χ2v) is 12.8. The van der Waals surface area contributed by atoms with Crippen LogP contribution in [-0.2, 0) is 0 Å². The molecule has 0 bridgehead atoms. The Labute approximate surface area is 101 Å². The third-order valence-electron chi connectivity index (χ3n) is 1.86. The van der Waals surface area contributed by atoms with Crippen LogP contribution in [0.3, 0.4) is 0 Å². The smallest absolute Gasteiger partial charge is 0.125 e. The molecule has 0 spiro atoms. The van der Waals surface area contributed by atoms with Crippen molar-refractivity contribution < 1.29 is 0 Å². The number of halogens is 4. The summed E-state index contributed by atoms with van der Waals surface area (Å²) in [5, 5.41) is 0. The molecule has 0 unspecified atom stereocenters. The van der Waals surface area contributed by atoms with E-state index in [4.69, 9.17) is 33.2 Å². The Hall–Kier alpha value is 0.787. The van der Waals surface area contributed by atoms with E-state index in [1.165, 1.54) is 0 Å². The zero-order chi connectivity index (χ0) is 10.1. The second kappa shape index (κ2) is 4.54. The Bertz CT molecular complexity index is 280. The average Bonchev–Trinajstić information content (AvgIpc) is 2.03. The average molecular weight is 319 g/mol. The molecule has 0 saturated heterocycles. The number of hydrogen-bond acceptors (Lipinski definition) is 0. The fourth-order valence-corrected chi connectivity index (χ4v) is 2.91. The molecular formula is C8H8BrCl3Si. The van der Waals surface area contributed by atoms with E-state index >= 15 is 0 Å². The zero-order valence-corrected chi connectivity index (χ0v) is 11.8. The highest BCUT2D eigenvalue weighted by Crippen LogP contribution is 2.36. The molecule has 0 aliphatic rings. The summed E-state index contributed by atoms with van der Waals surface area (Å²) >= 11 is 21.1. The van der Waals surface area contributed by atoms with Gasteiger partial charge in [-0.15, -0.1) is 33.2 Å². The van der Waals surface area contributed by atoms with Crippen LogP contribution in [0.2, 0.25) is 0 Å². The summed E-state index contributed by atoms with van der Waals surface area (Å²) in [5.41, 5.74) is 1.11. The topological polar surface area (TPSA) is 0 Å². The van der Waals surface area contributed by atoms with Gasteiger partial charge >= 0.3 is 6.00 Å². The Kier molecular flexibility index (Phi) is 4.14. The van der Waals surface area contributed by atoms with Crippen LogP contribution in [0.15, 0.2) is 28.7 Å². The van der Waals surface area contributed by atoms with E-state index in [1.54, 1.807) is 0 Å². The molecule has 0 N–H and O–H groups in total. The van der Waals surface area contributed by atoms with Gasteiger partial charge < -0.3 is 0 Å². The van der Waals surface area contributed by atoms with Gasteiger partial charge in [0.15, 0.2) is 0 Å². The van der Waals surface area contributed by atoms with E-state index in [0.29, 0.717) is 0 Å². The maximum Gasteiger partial charge on any atom is 0.348 e. The Morgan fingerprint density at radius 3 is 2.00 bits per heavy atom. The summed E-state index contributed by atoms with van der Waals surface area (Å²) < 4.78 is 1.04. The maximum atomic E-state index is 5.92. The van der Waals surface area contributed by atoms with Crippen molar-refractivity contribution in [1.29, 1.82) is 0 Å². The first-order valence-electron chi connectivity index (χ1n) is 3.73. The van der Waals surface area contributed by atoms with Crippen LogP contribution in [0.25, 0.3) is 0 Å². The summed E-state index contributed by atoms with van der Waals surface area (Å²) in [7, 11) is 0. The Morgan fingerprint density at radius 2 is 1.62 bits per heavy atom. The molecule has 1 aromatic rings. The number of rotatable bonds is 2. The monoisotopic (exact) mass is 316 g/mol. The lowest BCUT2D eigenvalue weighted by Gasteiger charge is -2.17. The van der Waals surface area contributed by atoms with Crippen LogP contribution in [-0.4, -0.2) is 6.00 Å². The minimum atomic E-state index is -2.62. The van der Waals surface area contributed by atoms with Crippen LogP contribution in [0.4, 0.5) is 0 Å². The van der Waals surface area contributed by atoms with Crippen molar-refractivity contribution in [2.45, 2.75) is 12.5 Å². The van der Waals surface area contributed by atoms with Gasteiger partial charge in [-0.1, -0.05) is 35.0 Å². The molecule has 0 nitrogen and oxygen atoms in total. The molecule has 0 fully saturated rings. The van der Waals surface area contributed by atoms with Crippen molar-refractivity contribution in [3.05, 3.63) is 34.3 Å². The third-order valence-corrected chi connectivity index (χ3v) is 6.65. The van der Waals surface area contributed by atoms with Crippen molar-refractivity contribution >= 4 is 55.2 Å². The molecule has 1 rings (SSSR count). The summed E-state index contributed by atoms with van der Waals surface area (Å²) in [6.45, 7) is 1.95. The Morgan fingerprint density at radius 1 is 1.15 bits per heavy atom. The highest BCUT2D eigenvalue weighted by Gasteiger charge is 2.34. The predicted molar refractivity (Wildman–Crippen MR) is 65.9 cm³/mol. The molecule has 5 heteroatoms. The molecule has 0 amide bonds. The van der Waals surface area contributed by atoms with Gasteiger partial charge in [0.05, 0.1) is 0 Å². The molecule has 0 aliphatic heterocycles. The Balaban J connectivity index is 2.90. The van der Waals surface area contributed by atoms with Gasteiger partial charge in [0.2, 0.25) is 0 Å². The summed E-state index contributed by atoms with van der Waals surface area (Å²) in [6, 6.07) is 5.24. The van der Waals surface area contributed by atoms with E-state index in [-0.39, 0.29) is 5.54 Å². The highest BCUT2D eigenvalue weighted by atomic mass is 79.9. The second-order valence-electron chi connectivity index (χ2n) is 2.81. The fourth-order valence-electron chi connectivity index (χ4n) is 0.940. The molecule has 72 valence electrons. The molecule has 0 heterocycles. The van der Waals surface area contributed by atoms with Crippen molar-refractivity contribution in [3.63, 3.8) is 0 Å². The van der Waals surface area contributed by atoms with Crippen LogP contribution in [0.1, 0.15) is 18.0 Å². The predicted octanol–water partition coefficient (Wildman–Crippen LogP) is 4.75. The van der Waals surface area contributed by atoms with E-state index < -0.39 is 6.00 Å². The number of hydrogen-bond donors (Lipinski definition) is 0. The minimum Gasteiger partial charge on any atom is -0.125 e. The van der Waals surface area contributed by atoms with Crippen molar-refractivity contribution in [2.75, 3.05) is 0 Å². The SMILES string of the molecule is C[C@@H](c1ccc(Br)cc1)[Si](Cl)(Cl)Cl. The van der Waals surface area contributed by atoms with Gasteiger partial charge in [-0.05, 0) is 17.7 Å². The quantitative estimate of drug-likeness (QED) is 0.545. The first-order valence-corrected chi connectivity index (χ1v) is 9.64. The number of benzene rings is 1. The van der Waals surface area contributed by atoms with Crippen molar-refractivity contribution in [1.82, 2.24) is 0 Å². The van der Waals surface area contributed by atoms with Gasteiger partial charge in [0, 0.05) is 10.0 Å². The normalized spacial score (nSPS) is 14.2. The molecule has 0 aliphatic carbocycles. The lowest BCUT2D eigenvalue weighted by Crippen LogP contribution is -2.20. The van der Waals surface area contributed by atoms with Crippen LogP contribution >= 0.6 is 49.2 Å². The molecular weight excluding hydrogens is 310 g/mol. The zero-order valence-electron chi connectivity index (χ0n) is 6.90. The molecule has 0 aromatic heterocycles. The summed E-state index contributed by atoms with van der Waals surface area (Å²) in [5.74, 6) is 0. The summed E-state index contributed by atoms with van der Waals surface area (Å²) in [4.78, 5) is 0. The fraction of sp³-hybridized carbons (Fsp3) is 0.250. The molecule has 0 saturated carbocycles. The van der Waals surface area contributed by atoms with Gasteiger partial charge in [-0.25, -0.2) is 0 Å².